The molecule has 6 aromatic rings. The fourth-order valence-electron chi connectivity index (χ4n) is 4.68. The Morgan fingerprint density at radius 1 is 0.829 bits per heavy atom. The summed E-state index contributed by atoms with van der Waals surface area (Å²) in [5.74, 6) is 0.350. The molecule has 172 valence electrons. The zero-order chi connectivity index (χ0) is 23.8. The molecule has 0 fully saturated rings. The Balaban J connectivity index is 1.45. The highest BCUT2D eigenvalue weighted by molar-refractivity contribution is 6.09. The first-order valence-corrected chi connectivity index (χ1v) is 11.6. The number of rotatable bonds is 6. The van der Waals surface area contributed by atoms with E-state index in [0.717, 1.165) is 28.7 Å². The molecule has 1 atom stereocenters. The molecule has 0 saturated heterocycles. The molecule has 0 unspecified atom stereocenters. The molecule has 0 aliphatic heterocycles. The summed E-state index contributed by atoms with van der Waals surface area (Å²) in [6.45, 7) is 3.02. The Labute approximate surface area is 201 Å². The van der Waals surface area contributed by atoms with Gasteiger partial charge in [0.25, 0.3) is 0 Å². The summed E-state index contributed by atoms with van der Waals surface area (Å²) in [5, 5.41) is 14.3. The quantitative estimate of drug-likeness (QED) is 0.284. The molecule has 6 heteroatoms. The van der Waals surface area contributed by atoms with Crippen LogP contribution >= 0.6 is 0 Å². The van der Waals surface area contributed by atoms with Gasteiger partial charge in [0.15, 0.2) is 0 Å². The number of anilines is 1. The number of hydrogen-bond donors (Lipinski definition) is 1. The highest BCUT2D eigenvalue weighted by Gasteiger charge is 2.24. The van der Waals surface area contributed by atoms with Gasteiger partial charge in [-0.05, 0) is 49.4 Å². The molecule has 6 rings (SSSR count). The van der Waals surface area contributed by atoms with Gasteiger partial charge in [-0.25, -0.2) is 4.39 Å². The van der Waals surface area contributed by atoms with Crippen molar-refractivity contribution in [3.05, 3.63) is 114 Å². The number of aromatic nitrogens is 3. The van der Waals surface area contributed by atoms with E-state index in [4.69, 9.17) is 4.42 Å². The Kier molecular flexibility index (Phi) is 5.26. The molecule has 0 spiro atoms. The van der Waals surface area contributed by atoms with Gasteiger partial charge in [-0.1, -0.05) is 54.6 Å². The molecule has 5 nitrogen and oxygen atoms in total. The Morgan fingerprint density at radius 2 is 1.57 bits per heavy atom. The summed E-state index contributed by atoms with van der Waals surface area (Å²) in [7, 11) is 0. The van der Waals surface area contributed by atoms with Gasteiger partial charge in [0.2, 0.25) is 11.8 Å². The monoisotopic (exact) mass is 462 g/mol. The highest BCUT2D eigenvalue weighted by atomic mass is 19.1. The van der Waals surface area contributed by atoms with E-state index in [-0.39, 0.29) is 5.82 Å². The molecule has 1 N–H and O–H groups in total. The number of nitrogens with zero attached hydrogens (tertiary/aromatic N) is 3. The van der Waals surface area contributed by atoms with Gasteiger partial charge < -0.3 is 14.3 Å². The minimum absolute atomic E-state index is 0.296. The summed E-state index contributed by atoms with van der Waals surface area (Å²) < 4.78 is 23.3. The van der Waals surface area contributed by atoms with Crippen molar-refractivity contribution in [3.63, 3.8) is 0 Å². The van der Waals surface area contributed by atoms with Crippen molar-refractivity contribution in [2.75, 3.05) is 5.32 Å². The maximum atomic E-state index is 14.9. The van der Waals surface area contributed by atoms with E-state index in [1.165, 1.54) is 17.0 Å². The lowest BCUT2D eigenvalue weighted by atomic mass is 10.1. The highest BCUT2D eigenvalue weighted by Crippen LogP contribution is 2.34. The molecule has 35 heavy (non-hydrogen) atoms. The summed E-state index contributed by atoms with van der Waals surface area (Å²) in [4.78, 5) is 0. The van der Waals surface area contributed by atoms with Gasteiger partial charge in [-0.3, -0.25) is 0 Å². The van der Waals surface area contributed by atoms with Gasteiger partial charge >= 0.3 is 0 Å². The number of halogens is 1. The van der Waals surface area contributed by atoms with Gasteiger partial charge in [0, 0.05) is 45.2 Å². The lowest BCUT2D eigenvalue weighted by Gasteiger charge is -2.18. The molecule has 0 aliphatic carbocycles. The molecule has 0 saturated carbocycles. The Bertz CT molecular complexity index is 1640. The van der Waals surface area contributed by atoms with E-state index in [1.54, 1.807) is 18.2 Å². The summed E-state index contributed by atoms with van der Waals surface area (Å²) in [5.41, 5.74) is 4.44. The number of fused-ring (bicyclic) bond motifs is 3. The number of benzene rings is 4. The van der Waals surface area contributed by atoms with Crippen LogP contribution in [0.4, 0.5) is 10.1 Å². The van der Waals surface area contributed by atoms with E-state index in [9.17, 15) is 4.39 Å². The minimum atomic E-state index is -0.655. The maximum Gasteiger partial charge on any atom is 0.247 e. The number of hydrogen-bond acceptors (Lipinski definition) is 4. The van der Waals surface area contributed by atoms with Gasteiger partial charge in [-0.15, -0.1) is 10.2 Å². The van der Waals surface area contributed by atoms with E-state index < -0.39 is 6.04 Å². The molecule has 2 heterocycles. The van der Waals surface area contributed by atoms with Crippen LogP contribution in [0.1, 0.15) is 24.4 Å². The van der Waals surface area contributed by atoms with E-state index in [1.807, 2.05) is 42.5 Å². The van der Waals surface area contributed by atoms with Crippen LogP contribution < -0.4 is 5.32 Å². The van der Waals surface area contributed by atoms with Crippen LogP contribution in [0.3, 0.4) is 0 Å². The largest absolute Gasteiger partial charge is 0.418 e. The zero-order valence-corrected chi connectivity index (χ0v) is 19.1. The topological polar surface area (TPSA) is 55.9 Å². The average Bonchev–Trinajstić information content (AvgIpc) is 3.51. The normalized spacial score (nSPS) is 12.3. The maximum absolute atomic E-state index is 14.9. The summed E-state index contributed by atoms with van der Waals surface area (Å²) >= 11 is 0. The minimum Gasteiger partial charge on any atom is -0.418 e. The number of nitrogens with one attached hydrogen (secondary N) is 1. The molecule has 0 bridgehead atoms. The number of para-hydroxylation sites is 1. The Hall–Kier alpha value is -4.45. The third-order valence-electron chi connectivity index (χ3n) is 6.32. The Morgan fingerprint density at radius 3 is 2.40 bits per heavy atom. The van der Waals surface area contributed by atoms with Crippen LogP contribution in [0.25, 0.3) is 33.3 Å². The van der Waals surface area contributed by atoms with Gasteiger partial charge in [0.05, 0.1) is 0 Å². The van der Waals surface area contributed by atoms with Crippen LogP contribution in [0.5, 0.6) is 0 Å². The predicted octanol–water partition coefficient (Wildman–Crippen LogP) is 7.21. The van der Waals surface area contributed by atoms with Crippen LogP contribution in [-0.4, -0.2) is 14.8 Å². The van der Waals surface area contributed by atoms with E-state index in [2.05, 4.69) is 57.3 Å². The van der Waals surface area contributed by atoms with Gasteiger partial charge in [0.1, 0.15) is 11.9 Å². The second-order valence-electron chi connectivity index (χ2n) is 8.40. The smallest absolute Gasteiger partial charge is 0.247 e. The third kappa shape index (κ3) is 3.73. The molecular formula is C29H23FN4O. The lowest BCUT2D eigenvalue weighted by Crippen LogP contribution is -2.14. The van der Waals surface area contributed by atoms with Crippen molar-refractivity contribution in [3.8, 4) is 11.5 Å². The molecule has 0 aliphatic rings. The lowest BCUT2D eigenvalue weighted by molar-refractivity contribution is 0.485. The number of aryl methyl sites for hydroxylation is 1. The van der Waals surface area contributed by atoms with Crippen molar-refractivity contribution in [2.45, 2.75) is 19.5 Å². The first-order chi connectivity index (χ1) is 17.2. The van der Waals surface area contributed by atoms with Crippen LogP contribution in [-0.2, 0) is 6.54 Å². The summed E-state index contributed by atoms with van der Waals surface area (Å²) in [6, 6.07) is 30.1. The van der Waals surface area contributed by atoms with Crippen molar-refractivity contribution < 1.29 is 8.81 Å². The second-order valence-corrected chi connectivity index (χ2v) is 8.40. The molecule has 0 amide bonds. The molecule has 4 aromatic carbocycles. The van der Waals surface area contributed by atoms with Crippen LogP contribution in [0.15, 0.2) is 101 Å². The summed E-state index contributed by atoms with van der Waals surface area (Å²) in [6.07, 6.45) is 0. The van der Waals surface area contributed by atoms with E-state index in [0.29, 0.717) is 17.3 Å². The van der Waals surface area contributed by atoms with Crippen molar-refractivity contribution in [1.29, 1.82) is 0 Å². The SMILES string of the molecule is CCn1c2ccccc2c2cc(N[C@H](c3nnc(-c4ccccc4)o3)c3ccccc3F)ccc21. The fourth-order valence-corrected chi connectivity index (χ4v) is 4.68. The molecular weight excluding hydrogens is 439 g/mol. The predicted molar refractivity (Wildman–Crippen MR) is 137 cm³/mol. The fraction of sp³-hybridized carbons (Fsp3) is 0.103. The van der Waals surface area contributed by atoms with Crippen LogP contribution in [0, 0.1) is 5.82 Å². The third-order valence-corrected chi connectivity index (χ3v) is 6.32. The first kappa shape index (κ1) is 21.1. The van der Waals surface area contributed by atoms with Crippen molar-refractivity contribution >= 4 is 27.5 Å². The molecule has 0 radical (unpaired) electrons. The van der Waals surface area contributed by atoms with Crippen LogP contribution in [0.2, 0.25) is 0 Å². The van der Waals surface area contributed by atoms with Gasteiger partial charge in [-0.2, -0.15) is 0 Å². The van der Waals surface area contributed by atoms with Crippen molar-refractivity contribution in [1.82, 2.24) is 14.8 Å². The first-order valence-electron chi connectivity index (χ1n) is 11.6. The molecule has 2 aromatic heterocycles. The second kappa shape index (κ2) is 8.72. The van der Waals surface area contributed by atoms with E-state index >= 15 is 0 Å². The average molecular weight is 463 g/mol. The standard InChI is InChI=1S/C29H23FN4O/c1-2-34-25-15-9-7-12-21(25)23-18-20(16-17-26(23)34)31-27(22-13-6-8-14-24(22)30)29-33-32-28(35-29)19-10-4-3-5-11-19/h3-18,27,31H,2H2,1H3/t27-/m0/s1. The van der Waals surface area contributed by atoms with Crippen molar-refractivity contribution in [2.24, 2.45) is 0 Å². The zero-order valence-electron chi connectivity index (χ0n) is 19.1.